The van der Waals surface area contributed by atoms with Crippen LogP contribution >= 0.6 is 0 Å². The number of nitrogens with zero attached hydrogens (tertiary/aromatic N) is 2. The maximum absolute atomic E-state index is 14.3. The summed E-state index contributed by atoms with van der Waals surface area (Å²) in [6, 6.07) is 3.80. The van der Waals surface area contributed by atoms with E-state index in [9.17, 15) is 32.0 Å². The Morgan fingerprint density at radius 3 is 2.64 bits per heavy atom. The molecule has 3 aliphatic heterocycles. The topological polar surface area (TPSA) is 130 Å². The zero-order chi connectivity index (χ0) is 31.2. The highest BCUT2D eigenvalue weighted by molar-refractivity contribution is 7.90. The number of carbonyl (C=O) groups excluding carboxylic acids is 4. The van der Waals surface area contributed by atoms with E-state index in [4.69, 9.17) is 4.74 Å². The van der Waals surface area contributed by atoms with Crippen molar-refractivity contribution in [1.82, 2.24) is 14.5 Å². The number of halogens is 1. The fourth-order valence-electron chi connectivity index (χ4n) is 6.97. The quantitative estimate of drug-likeness (QED) is 0.499. The number of hydrogen-bond acceptors (Lipinski definition) is 7. The number of hydrogen-bond donors (Lipinski definition) is 1. The molecule has 5 aliphatic rings. The molecule has 6 rings (SSSR count). The van der Waals surface area contributed by atoms with Gasteiger partial charge in [-0.2, -0.15) is 0 Å². The van der Waals surface area contributed by atoms with Crippen LogP contribution in [-0.2, 0) is 42.2 Å². The largest absolute Gasteiger partial charge is 0.444 e. The van der Waals surface area contributed by atoms with Crippen molar-refractivity contribution in [3.8, 4) is 0 Å². The van der Waals surface area contributed by atoms with E-state index in [1.54, 1.807) is 12.1 Å². The Hall–Kier alpha value is -3.28. The van der Waals surface area contributed by atoms with Crippen molar-refractivity contribution in [3.63, 3.8) is 0 Å². The summed E-state index contributed by atoms with van der Waals surface area (Å²) in [5, 5.41) is -0.576. The van der Waals surface area contributed by atoms with E-state index >= 15 is 0 Å². The Kier molecular flexibility index (Phi) is 8.32. The molecule has 44 heavy (non-hydrogen) atoms. The van der Waals surface area contributed by atoms with Gasteiger partial charge in [-0.05, 0) is 56.1 Å². The molecule has 2 saturated carbocycles. The summed E-state index contributed by atoms with van der Waals surface area (Å²) in [4.78, 5) is 57.1. The van der Waals surface area contributed by atoms with Crippen LogP contribution in [0.1, 0.15) is 82.3 Å². The van der Waals surface area contributed by atoms with Crippen LogP contribution in [0.2, 0.25) is 0 Å². The van der Waals surface area contributed by atoms with Crippen molar-refractivity contribution in [2.45, 2.75) is 102 Å². The van der Waals surface area contributed by atoms with Gasteiger partial charge in [0.05, 0.1) is 29.8 Å². The molecular formula is C32H40FN3O7S. The predicted molar refractivity (Wildman–Crippen MR) is 158 cm³/mol. The van der Waals surface area contributed by atoms with Gasteiger partial charge in [-0.3, -0.25) is 24.0 Å². The van der Waals surface area contributed by atoms with Crippen LogP contribution < -0.4 is 4.72 Å². The molecule has 0 bridgehead atoms. The second-order valence-corrected chi connectivity index (χ2v) is 15.2. The standard InChI is InChI=1S/C32H40FN3O7S/c1-20-8-5-3-2-4-6-10-22-15-32(22,30(39)34-44(41,42)24-12-13-24)16-28(37)27-14-23(18-36(27)29(20)38)43-31(40)35-17-21-9-7-11-26(33)25(21)19-35/h6-7,9-11,20,22-24,27H,2-5,8,12-19H2,1H3,(H,34,39)/b10-6-/t20-,22+,23+,27-,32+/m0/s1. The Balaban J connectivity index is 1.20. The lowest BCUT2D eigenvalue weighted by Crippen LogP contribution is -2.46. The molecule has 0 aromatic heterocycles. The van der Waals surface area contributed by atoms with Crippen LogP contribution in [0.3, 0.4) is 0 Å². The fraction of sp³-hybridized carbons (Fsp3) is 0.625. The van der Waals surface area contributed by atoms with Gasteiger partial charge in [0.1, 0.15) is 11.9 Å². The molecule has 3 fully saturated rings. The van der Waals surface area contributed by atoms with Crippen LogP contribution in [-0.4, -0.2) is 65.8 Å². The smallest absolute Gasteiger partial charge is 0.410 e. The van der Waals surface area contributed by atoms with Gasteiger partial charge in [0.25, 0.3) is 0 Å². The molecule has 2 aliphatic carbocycles. The van der Waals surface area contributed by atoms with Crippen molar-refractivity contribution in [2.75, 3.05) is 6.54 Å². The summed E-state index contributed by atoms with van der Waals surface area (Å²) in [5.41, 5.74) is -0.0421. The normalized spacial score (nSPS) is 31.7. The second kappa shape index (κ2) is 11.9. The number of fused-ring (bicyclic) bond motifs is 3. The van der Waals surface area contributed by atoms with Gasteiger partial charge in [-0.1, -0.05) is 44.1 Å². The van der Waals surface area contributed by atoms with Crippen LogP contribution in [0, 0.1) is 23.1 Å². The van der Waals surface area contributed by atoms with E-state index in [-0.39, 0.29) is 61.8 Å². The summed E-state index contributed by atoms with van der Waals surface area (Å²) in [7, 11) is -3.80. The van der Waals surface area contributed by atoms with Gasteiger partial charge in [-0.15, -0.1) is 0 Å². The molecule has 5 atom stereocenters. The van der Waals surface area contributed by atoms with Gasteiger partial charge in [0, 0.05) is 30.9 Å². The number of nitrogens with one attached hydrogen (secondary N) is 1. The zero-order valence-corrected chi connectivity index (χ0v) is 25.8. The van der Waals surface area contributed by atoms with Gasteiger partial charge in [0.15, 0.2) is 5.78 Å². The molecule has 1 aromatic rings. The predicted octanol–water partition coefficient (Wildman–Crippen LogP) is 3.98. The molecular weight excluding hydrogens is 589 g/mol. The molecule has 0 spiro atoms. The SMILES string of the molecule is C[C@H]1CCCCC/C=C\[C@@H]2C[C@@]2(C(=O)NS(=O)(=O)C2CC2)CC(=O)[C@@H]2C[C@@H](OC(=O)N3Cc4cccc(F)c4C3)CN2C1=O. The first-order valence-corrected chi connectivity index (χ1v) is 17.3. The first-order valence-electron chi connectivity index (χ1n) is 15.8. The molecule has 1 aromatic carbocycles. The maximum Gasteiger partial charge on any atom is 0.410 e. The highest BCUT2D eigenvalue weighted by Gasteiger charge is 2.61. The van der Waals surface area contributed by atoms with Crippen LogP contribution in [0.5, 0.6) is 0 Å². The third-order valence-electron chi connectivity index (χ3n) is 9.94. The van der Waals surface area contributed by atoms with Gasteiger partial charge < -0.3 is 9.64 Å². The summed E-state index contributed by atoms with van der Waals surface area (Å²) < 4.78 is 47.6. The number of sulfonamides is 1. The van der Waals surface area contributed by atoms with E-state index in [0.717, 1.165) is 25.7 Å². The van der Waals surface area contributed by atoms with Crippen molar-refractivity contribution in [3.05, 3.63) is 47.3 Å². The van der Waals surface area contributed by atoms with E-state index in [1.807, 2.05) is 19.1 Å². The molecule has 3 heterocycles. The molecule has 1 saturated heterocycles. The Morgan fingerprint density at radius 1 is 1.09 bits per heavy atom. The molecule has 12 heteroatoms. The lowest BCUT2D eigenvalue weighted by atomic mass is 9.91. The molecule has 3 amide bonds. The first kappa shape index (κ1) is 30.7. The number of Topliss-reactive ketones (excluding diaryl/α,β-unsaturated/α-hetero) is 1. The minimum Gasteiger partial charge on any atom is -0.444 e. The average Bonchev–Trinajstić information content (AvgIpc) is 3.86. The molecule has 1 N–H and O–H groups in total. The number of ether oxygens (including phenoxy) is 1. The van der Waals surface area contributed by atoms with Gasteiger partial charge >= 0.3 is 6.09 Å². The number of allylic oxidation sites excluding steroid dienone is 2. The highest BCUT2D eigenvalue weighted by Crippen LogP contribution is 2.57. The molecule has 0 unspecified atom stereocenters. The highest BCUT2D eigenvalue weighted by atomic mass is 32.2. The van der Waals surface area contributed by atoms with Crippen LogP contribution in [0.25, 0.3) is 0 Å². The van der Waals surface area contributed by atoms with Crippen molar-refractivity contribution < 1.29 is 36.7 Å². The molecule has 238 valence electrons. The third-order valence-corrected chi connectivity index (χ3v) is 11.8. The summed E-state index contributed by atoms with van der Waals surface area (Å²) in [6.45, 7) is 2.16. The van der Waals surface area contributed by atoms with E-state index < -0.39 is 44.8 Å². The van der Waals surface area contributed by atoms with Crippen molar-refractivity contribution in [1.29, 1.82) is 0 Å². The number of ketones is 1. The van der Waals surface area contributed by atoms with E-state index in [0.29, 0.717) is 36.8 Å². The summed E-state index contributed by atoms with van der Waals surface area (Å²) >= 11 is 0. The minimum atomic E-state index is -3.80. The summed E-state index contributed by atoms with van der Waals surface area (Å²) in [5.74, 6) is -2.21. The van der Waals surface area contributed by atoms with Crippen LogP contribution in [0.15, 0.2) is 30.4 Å². The van der Waals surface area contributed by atoms with Gasteiger partial charge in [0.2, 0.25) is 21.8 Å². The first-order chi connectivity index (χ1) is 21.0. The van der Waals surface area contributed by atoms with Crippen molar-refractivity contribution in [2.24, 2.45) is 17.3 Å². The van der Waals surface area contributed by atoms with Crippen molar-refractivity contribution >= 4 is 33.7 Å². The van der Waals surface area contributed by atoms with E-state index in [1.165, 1.54) is 15.9 Å². The molecule has 0 radical (unpaired) electrons. The minimum absolute atomic E-state index is 0.0407. The number of rotatable bonds is 4. The lowest BCUT2D eigenvalue weighted by Gasteiger charge is -2.27. The number of amides is 3. The lowest BCUT2D eigenvalue weighted by molar-refractivity contribution is -0.141. The van der Waals surface area contributed by atoms with Gasteiger partial charge in [-0.25, -0.2) is 17.6 Å². The second-order valence-electron chi connectivity index (χ2n) is 13.2. The zero-order valence-electron chi connectivity index (χ0n) is 25.0. The average molecular weight is 630 g/mol. The Bertz CT molecular complexity index is 1490. The maximum atomic E-state index is 14.3. The Morgan fingerprint density at radius 2 is 1.89 bits per heavy atom. The van der Waals surface area contributed by atoms with Crippen LogP contribution in [0.4, 0.5) is 9.18 Å². The number of benzene rings is 1. The van der Waals surface area contributed by atoms with E-state index in [2.05, 4.69) is 4.72 Å². The molecule has 10 nitrogen and oxygen atoms in total. The monoisotopic (exact) mass is 629 g/mol. The fourth-order valence-corrected chi connectivity index (χ4v) is 8.35. The Labute approximate surface area is 257 Å². The summed E-state index contributed by atoms with van der Waals surface area (Å²) in [6.07, 6.45) is 7.95. The number of carbonyl (C=O) groups is 4. The third kappa shape index (κ3) is 6.14.